The molecular formula is C23H31N3O3S. The number of piperazine rings is 1. The van der Waals surface area contributed by atoms with Gasteiger partial charge in [0.25, 0.3) is 0 Å². The van der Waals surface area contributed by atoms with Gasteiger partial charge in [-0.3, -0.25) is 9.69 Å². The van der Waals surface area contributed by atoms with Crippen LogP contribution in [0, 0.1) is 13.8 Å². The lowest BCUT2D eigenvalue weighted by Gasteiger charge is -2.36. The Labute approximate surface area is 182 Å². The van der Waals surface area contributed by atoms with Crippen molar-refractivity contribution in [2.75, 3.05) is 49.5 Å². The molecule has 7 heteroatoms. The molecule has 1 N–H and O–H groups in total. The smallest absolute Gasteiger partial charge is 0.341 e. The first kappa shape index (κ1) is 22.3. The molecule has 1 aliphatic rings. The molecule has 162 valence electrons. The zero-order valence-electron chi connectivity index (χ0n) is 18.3. The second-order valence-electron chi connectivity index (χ2n) is 7.56. The third-order valence-corrected chi connectivity index (χ3v) is 6.73. The highest BCUT2D eigenvalue weighted by Crippen LogP contribution is 2.29. The van der Waals surface area contributed by atoms with E-state index in [0.29, 0.717) is 23.7 Å². The molecule has 1 aromatic carbocycles. The molecule has 0 saturated carbocycles. The third-order valence-electron chi connectivity index (χ3n) is 5.54. The van der Waals surface area contributed by atoms with Crippen molar-refractivity contribution in [3.63, 3.8) is 0 Å². The third kappa shape index (κ3) is 5.21. The van der Waals surface area contributed by atoms with E-state index in [1.165, 1.54) is 28.2 Å². The minimum absolute atomic E-state index is 0.0924. The summed E-state index contributed by atoms with van der Waals surface area (Å²) in [5.41, 5.74) is 4.35. The molecule has 0 spiro atoms. The van der Waals surface area contributed by atoms with Gasteiger partial charge in [0.2, 0.25) is 5.91 Å². The first-order chi connectivity index (χ1) is 14.4. The summed E-state index contributed by atoms with van der Waals surface area (Å²) in [6, 6.07) is 8.23. The predicted molar refractivity (Wildman–Crippen MR) is 123 cm³/mol. The lowest BCUT2D eigenvalue weighted by Crippen LogP contribution is -2.48. The van der Waals surface area contributed by atoms with Crippen molar-refractivity contribution in [1.82, 2.24) is 4.90 Å². The number of hydrogen-bond donors (Lipinski definition) is 1. The van der Waals surface area contributed by atoms with E-state index in [9.17, 15) is 9.59 Å². The number of anilines is 2. The average Bonchev–Trinajstić information content (AvgIpc) is 3.14. The molecule has 3 rings (SSSR count). The van der Waals surface area contributed by atoms with Crippen molar-refractivity contribution in [3.8, 4) is 0 Å². The van der Waals surface area contributed by atoms with Crippen LogP contribution in [0.25, 0.3) is 0 Å². The number of esters is 1. The van der Waals surface area contributed by atoms with Gasteiger partial charge in [0.15, 0.2) is 0 Å². The average molecular weight is 430 g/mol. The Morgan fingerprint density at radius 1 is 1.13 bits per heavy atom. The first-order valence-corrected chi connectivity index (χ1v) is 11.4. The van der Waals surface area contributed by atoms with E-state index in [4.69, 9.17) is 4.74 Å². The number of nitrogens with zero attached hydrogens (tertiary/aromatic N) is 2. The minimum Gasteiger partial charge on any atom is -0.462 e. The van der Waals surface area contributed by atoms with E-state index >= 15 is 0 Å². The maximum absolute atomic E-state index is 12.6. The molecule has 0 radical (unpaired) electrons. The standard InChI is InChI=1S/C23H31N3O3S/c1-5-18-14-19(23(28)29-6-2)22(30-18)24-21(27)15-25-10-12-26(13-11-25)20-9-7-8-16(3)17(20)4/h7-9,14H,5-6,10-13,15H2,1-4H3,(H,24,27). The summed E-state index contributed by atoms with van der Waals surface area (Å²) < 4.78 is 5.13. The fourth-order valence-corrected chi connectivity index (χ4v) is 4.66. The van der Waals surface area contributed by atoms with Gasteiger partial charge in [0.1, 0.15) is 5.00 Å². The second-order valence-corrected chi connectivity index (χ2v) is 8.70. The number of ether oxygens (including phenoxy) is 1. The summed E-state index contributed by atoms with van der Waals surface area (Å²) in [6.45, 7) is 12.2. The minimum atomic E-state index is -0.383. The van der Waals surface area contributed by atoms with Crippen LogP contribution in [0.1, 0.15) is 40.2 Å². The van der Waals surface area contributed by atoms with Gasteiger partial charge in [-0.1, -0.05) is 19.1 Å². The topological polar surface area (TPSA) is 61.9 Å². The summed E-state index contributed by atoms with van der Waals surface area (Å²) in [6.07, 6.45) is 0.813. The molecule has 2 aromatic rings. The van der Waals surface area contributed by atoms with Crippen LogP contribution in [0.5, 0.6) is 0 Å². The van der Waals surface area contributed by atoms with Gasteiger partial charge in [-0.15, -0.1) is 11.3 Å². The highest BCUT2D eigenvalue weighted by atomic mass is 32.1. The number of rotatable bonds is 7. The predicted octanol–water partition coefficient (Wildman–Crippen LogP) is 3.86. The lowest BCUT2D eigenvalue weighted by atomic mass is 10.1. The van der Waals surface area contributed by atoms with E-state index in [0.717, 1.165) is 37.5 Å². The van der Waals surface area contributed by atoms with Crippen LogP contribution >= 0.6 is 11.3 Å². The molecule has 0 aliphatic carbocycles. The molecule has 1 aromatic heterocycles. The lowest BCUT2D eigenvalue weighted by molar-refractivity contribution is -0.117. The van der Waals surface area contributed by atoms with Crippen LogP contribution in [0.4, 0.5) is 10.7 Å². The Morgan fingerprint density at radius 2 is 1.87 bits per heavy atom. The second kappa shape index (κ2) is 10.1. The van der Waals surface area contributed by atoms with Gasteiger partial charge >= 0.3 is 5.97 Å². The molecule has 0 atom stereocenters. The fraction of sp³-hybridized carbons (Fsp3) is 0.478. The zero-order valence-corrected chi connectivity index (χ0v) is 19.1. The van der Waals surface area contributed by atoms with Crippen LogP contribution in [-0.2, 0) is 16.0 Å². The van der Waals surface area contributed by atoms with Crippen molar-refractivity contribution in [2.45, 2.75) is 34.1 Å². The Kier molecular flexibility index (Phi) is 7.50. The Bertz CT molecular complexity index is 901. The van der Waals surface area contributed by atoms with Crippen LogP contribution in [0.3, 0.4) is 0 Å². The summed E-state index contributed by atoms with van der Waals surface area (Å²) >= 11 is 1.45. The molecule has 1 fully saturated rings. The van der Waals surface area contributed by atoms with E-state index in [-0.39, 0.29) is 11.9 Å². The molecule has 30 heavy (non-hydrogen) atoms. The Morgan fingerprint density at radius 3 is 2.53 bits per heavy atom. The fourth-order valence-electron chi connectivity index (χ4n) is 3.66. The molecular weight excluding hydrogens is 398 g/mol. The monoisotopic (exact) mass is 429 g/mol. The van der Waals surface area contributed by atoms with Crippen LogP contribution in [0.2, 0.25) is 0 Å². The van der Waals surface area contributed by atoms with E-state index in [2.05, 4.69) is 47.2 Å². The van der Waals surface area contributed by atoms with Gasteiger partial charge in [0, 0.05) is 36.7 Å². The summed E-state index contributed by atoms with van der Waals surface area (Å²) in [5.74, 6) is -0.476. The molecule has 1 saturated heterocycles. The number of amides is 1. The summed E-state index contributed by atoms with van der Waals surface area (Å²) in [4.78, 5) is 30.5. The number of aryl methyl sites for hydroxylation is 2. The number of carbonyl (C=O) groups is 2. The van der Waals surface area contributed by atoms with Crippen molar-refractivity contribution in [3.05, 3.63) is 45.8 Å². The zero-order chi connectivity index (χ0) is 21.7. The maximum atomic E-state index is 12.6. The van der Waals surface area contributed by atoms with Crippen LogP contribution in [-0.4, -0.2) is 56.1 Å². The van der Waals surface area contributed by atoms with Gasteiger partial charge in [-0.2, -0.15) is 0 Å². The largest absolute Gasteiger partial charge is 0.462 e. The number of benzene rings is 1. The summed E-state index contributed by atoms with van der Waals surface area (Å²) in [5, 5.41) is 3.52. The highest BCUT2D eigenvalue weighted by Gasteiger charge is 2.23. The normalized spacial score (nSPS) is 14.6. The maximum Gasteiger partial charge on any atom is 0.341 e. The van der Waals surface area contributed by atoms with E-state index in [1.807, 2.05) is 13.0 Å². The van der Waals surface area contributed by atoms with Gasteiger partial charge in [0.05, 0.1) is 18.7 Å². The van der Waals surface area contributed by atoms with Crippen molar-refractivity contribution in [2.24, 2.45) is 0 Å². The SMILES string of the molecule is CCOC(=O)c1cc(CC)sc1NC(=O)CN1CCN(c2cccc(C)c2C)CC1. The van der Waals surface area contributed by atoms with Gasteiger partial charge in [-0.25, -0.2) is 4.79 Å². The van der Waals surface area contributed by atoms with Gasteiger partial charge in [-0.05, 0) is 50.5 Å². The number of thiophene rings is 1. The number of carbonyl (C=O) groups excluding carboxylic acids is 2. The Balaban J connectivity index is 1.57. The number of nitrogens with one attached hydrogen (secondary N) is 1. The molecule has 2 heterocycles. The Hall–Kier alpha value is -2.38. The number of hydrogen-bond acceptors (Lipinski definition) is 6. The molecule has 0 unspecified atom stereocenters. The van der Waals surface area contributed by atoms with Crippen molar-refractivity contribution < 1.29 is 14.3 Å². The van der Waals surface area contributed by atoms with Crippen LogP contribution < -0.4 is 10.2 Å². The van der Waals surface area contributed by atoms with Gasteiger partial charge < -0.3 is 15.0 Å². The van der Waals surface area contributed by atoms with E-state index < -0.39 is 0 Å². The van der Waals surface area contributed by atoms with Crippen molar-refractivity contribution in [1.29, 1.82) is 0 Å². The highest BCUT2D eigenvalue weighted by molar-refractivity contribution is 7.16. The first-order valence-electron chi connectivity index (χ1n) is 10.6. The van der Waals surface area contributed by atoms with Crippen LogP contribution in [0.15, 0.2) is 24.3 Å². The van der Waals surface area contributed by atoms with E-state index in [1.54, 1.807) is 6.92 Å². The quantitative estimate of drug-likeness (QED) is 0.677. The molecule has 1 aliphatic heterocycles. The summed E-state index contributed by atoms with van der Waals surface area (Å²) in [7, 11) is 0. The molecule has 1 amide bonds. The molecule has 0 bridgehead atoms. The molecule has 6 nitrogen and oxygen atoms in total. The van der Waals surface area contributed by atoms with Crippen molar-refractivity contribution >= 4 is 33.9 Å².